The summed E-state index contributed by atoms with van der Waals surface area (Å²) in [5.74, 6) is -0.0499. The van der Waals surface area contributed by atoms with Crippen molar-refractivity contribution in [3.05, 3.63) is 161 Å². The molecule has 87 heteroatoms. The topological polar surface area (TPSA) is 738 Å². The number of esters is 2. The molecule has 0 saturated carbocycles. The molecule has 0 radical (unpaired) electrons. The maximum Gasteiger partial charge on any atom is 0.532 e. The maximum atomic E-state index is 13.3. The van der Waals surface area contributed by atoms with Crippen molar-refractivity contribution in [3.63, 3.8) is 0 Å². The van der Waals surface area contributed by atoms with Gasteiger partial charge in [-0.1, -0.05) is 97.1 Å². The highest BCUT2D eigenvalue weighted by Gasteiger charge is 2.60. The number of carbonyl (C=O) groups is 2. The second-order valence-electron chi connectivity index (χ2n) is 27.9. The van der Waals surface area contributed by atoms with E-state index in [2.05, 4.69) is 0 Å². The number of para-hydroxylation sites is 1. The number of carbonyl (C=O) groups excluding carboxylic acids is 2. The van der Waals surface area contributed by atoms with Gasteiger partial charge in [-0.05, 0) is 115 Å². The molecular weight excluding hydrogens is 2440 g/mol. The van der Waals surface area contributed by atoms with Gasteiger partial charge in [0.1, 0.15) is 23.9 Å². The van der Waals surface area contributed by atoms with Crippen molar-refractivity contribution in [1.82, 2.24) is 0 Å². The first-order chi connectivity index (χ1) is 62.0. The molecule has 0 spiro atoms. The molecule has 133 heavy (non-hydrogen) atoms. The zero-order valence-electron chi connectivity index (χ0n) is 68.6. The molecule has 0 aromatic heterocycles. The van der Waals surface area contributed by atoms with Crippen LogP contribution in [0.15, 0.2) is 127 Å². The van der Waals surface area contributed by atoms with Crippen LogP contribution < -0.4 is 14.2 Å². The largest absolute Gasteiger partial charge is 0.578 e. The van der Waals surface area contributed by atoms with E-state index in [9.17, 15) is 179 Å². The smallest absolute Gasteiger partial charge is 0.532 e. The number of aryl methyl sites for hydroxylation is 2. The van der Waals surface area contributed by atoms with E-state index in [0.29, 0.717) is 35.1 Å². The first kappa shape index (κ1) is 119. The van der Waals surface area contributed by atoms with Crippen LogP contribution in [-0.4, -0.2) is 346 Å². The molecule has 0 bridgehead atoms. The molecule has 5 rings (SSSR count). The first-order valence-electron chi connectivity index (χ1n) is 36.9. The SMILES string of the molecule is COc1ccc(C(c2ccccc2)c2ccc(OC(=O)CCOc3ccccc3CC[Si](C)(C)O[Si](=O)[Si](=O)[Si](=O)[Si](=O)[Si](=O)[Si](=O)[Si](=O)[Si](=O)[Si](=O)[Si](=O)[Si](=O)[Si](=O)[Si](=O)[Si](=O)[Si](=O)[Si](=O)[Si](=O)[Si](=O)[Si](=O)[Si](=O)[Si](=O)[Si](=O)[Si](=O)[Si](=O)[Si](=O)[Si](=O)[Si](=O)[Si](=O)[Si](=O)[Si](=O)[Si](=O)[Si](=O)[Si](=O)[Si](=O)[Si](=O)[Si](=O)[Si](=O)[Si](=O)[SiH2]O[Si](C)(C)CCc3ccccc3COC(C)=O)cc2)cc1. The van der Waals surface area contributed by atoms with E-state index in [1.54, 1.807) is 80.9 Å². The summed E-state index contributed by atoms with van der Waals surface area (Å²) in [6, 6.07) is 38.2. The highest BCUT2D eigenvalue weighted by molar-refractivity contribution is 7.86. The fraction of sp³-hybridized carbons (Fsp3) is 0.304. The third-order valence-electron chi connectivity index (χ3n) is 17.7. The van der Waals surface area contributed by atoms with Gasteiger partial charge in [0.2, 0.25) is 17.6 Å². The highest BCUT2D eigenvalue weighted by atomic mass is 30.2. The quantitative estimate of drug-likeness (QED) is 0.0151. The van der Waals surface area contributed by atoms with E-state index in [1.165, 1.54) is 20.0 Å². The summed E-state index contributed by atoms with van der Waals surface area (Å²) in [5.41, 5.74) is 4.93. The van der Waals surface area contributed by atoms with Gasteiger partial charge in [-0.2, -0.15) is 0 Å². The fourth-order valence-corrected chi connectivity index (χ4v) is 468. The predicted octanol–water partition coefficient (Wildman–Crippen LogP) is -9.44. The predicted molar refractivity (Wildman–Crippen MR) is 478 cm³/mol. The molecule has 5 aromatic rings. The van der Waals surface area contributed by atoms with E-state index in [-0.39, 0.29) is 43.8 Å². The third-order valence-corrected chi connectivity index (χ3v) is 325. The van der Waals surface area contributed by atoms with Gasteiger partial charge in [0, 0.05) is 12.8 Å². The normalized spacial score (nSPS) is 11.0. The minimum Gasteiger partial charge on any atom is -0.578 e. The molecule has 0 aliphatic heterocycles. The van der Waals surface area contributed by atoms with Crippen LogP contribution in [-0.2, 0) is 212 Å². The summed E-state index contributed by atoms with van der Waals surface area (Å²) >= 11 is 0. The molecule has 0 N–H and O–H groups in total. The van der Waals surface area contributed by atoms with Crippen molar-refractivity contribution in [2.24, 2.45) is 0 Å². The molecule has 5 aromatic carbocycles. The molecule has 0 amide bonds. The van der Waals surface area contributed by atoms with Gasteiger partial charge in [-0.15, -0.1) is 0 Å². The summed E-state index contributed by atoms with van der Waals surface area (Å²) in [5, 5.41) is 0. The van der Waals surface area contributed by atoms with E-state index < -0.39 is 332 Å². The highest BCUT2D eigenvalue weighted by Crippen LogP contribution is 2.34. The van der Waals surface area contributed by atoms with Crippen LogP contribution in [0.3, 0.4) is 0 Å². The van der Waals surface area contributed by atoms with Gasteiger partial charge < -0.3 is 197 Å². The molecule has 1 unspecified atom stereocenters. The zero-order chi connectivity index (χ0) is 101. The Hall–Kier alpha value is -4.31. The average Bonchev–Trinajstić information content (AvgIpc) is 0.807. The second-order valence-corrected chi connectivity index (χ2v) is 223. The van der Waals surface area contributed by atoms with Gasteiger partial charge in [0.05, 0.1) is 20.1 Å². The molecule has 0 fully saturated rings. The van der Waals surface area contributed by atoms with Crippen molar-refractivity contribution >= 4 is 332 Å². The summed E-state index contributed by atoms with van der Waals surface area (Å²) in [7, 11) is -183. The fourth-order valence-electron chi connectivity index (χ4n) is 10.5. The summed E-state index contributed by atoms with van der Waals surface area (Å²) in [6.07, 6.45) is 0.327. The molecule has 0 heterocycles. The van der Waals surface area contributed by atoms with Crippen LogP contribution in [0, 0.1) is 0 Å². The van der Waals surface area contributed by atoms with Crippen molar-refractivity contribution in [2.75, 3.05) is 13.7 Å². The Kier molecular flexibility index (Phi) is 49.5. The Morgan fingerprint density at radius 3 is 0.910 bits per heavy atom. The Labute approximate surface area is 798 Å². The molecule has 0 saturated heterocycles. The van der Waals surface area contributed by atoms with Gasteiger partial charge in [0.15, 0.2) is 8.32 Å². The number of rotatable bonds is 59. The molecule has 0 aliphatic rings. The molecular formula is C46H56O46Si41. The monoisotopic (exact) mass is 2490 g/mol. The number of ether oxygens (including phenoxy) is 4. The van der Waals surface area contributed by atoms with Crippen LogP contribution in [0.4, 0.5) is 0 Å². The van der Waals surface area contributed by atoms with Crippen LogP contribution >= 0.6 is 0 Å². The van der Waals surface area contributed by atoms with Crippen molar-refractivity contribution in [3.8, 4) is 17.2 Å². The molecule has 46 nitrogen and oxygen atoms in total. The van der Waals surface area contributed by atoms with E-state index in [0.717, 1.165) is 22.3 Å². The molecule has 1 atom stereocenters. The van der Waals surface area contributed by atoms with Gasteiger partial charge >= 0.3 is 306 Å². The van der Waals surface area contributed by atoms with Crippen molar-refractivity contribution < 1.29 is 206 Å². The lowest BCUT2D eigenvalue weighted by Crippen LogP contribution is -2.58. The van der Waals surface area contributed by atoms with Gasteiger partial charge in [-0.25, -0.2) is 0 Å². The minimum atomic E-state index is -4.90. The first-order valence-corrected chi connectivity index (χ1v) is 136. The maximum absolute atomic E-state index is 13.3. The Morgan fingerprint density at radius 2 is 0.579 bits per heavy atom. The Morgan fingerprint density at radius 1 is 0.308 bits per heavy atom. The number of methoxy groups -OCH3 is 1. The second kappa shape index (κ2) is 55.2. The van der Waals surface area contributed by atoms with E-state index in [1.807, 2.05) is 66.7 Å². The number of hydrogen-bond acceptors (Lipinski definition) is 46. The zero-order valence-corrected chi connectivity index (χ0v) is 110. The third kappa shape index (κ3) is 33.4. The molecule has 0 aliphatic carbocycles. The van der Waals surface area contributed by atoms with E-state index >= 15 is 0 Å². The lowest BCUT2D eigenvalue weighted by molar-refractivity contribution is -0.142. The van der Waals surface area contributed by atoms with Crippen LogP contribution in [0.2, 0.25) is 38.3 Å². The number of hydrogen-bond donors (Lipinski definition) is 0. The summed E-state index contributed by atoms with van der Waals surface area (Å²) in [4.78, 5) is 24.3. The summed E-state index contributed by atoms with van der Waals surface area (Å²) < 4.78 is 531. The standard InChI is InChI=1S/C46H56O46Si41/c1-35(47)89-34-41-18-11-10-14-36(41)29-32-132(3,4)91-93-95(50)97(52)99(54)101(56)103(58)105(60)107(62)109(64)111(66)113(68)115(70)117(72)119(74)121(76)123(78)125(80)127(82)129(84)131(86)130(85)128(83)126(81)124(79)122(77)120(75)118(73)116(71)114(69)112(67)110(65)108(63)106(61)104(59)102(57)100(55)98(53)96(51)94(49)92-133(5,6)33-30-37-15-12-13-19-44(37)88-31-28-45(48)90-43-26-22-40(23-27-43)46(38-16-8-7-9-17-38)39-20-24-42(87-2)25-21-39/h7-27,46H,28-34,93H2,1-6H3. The lowest BCUT2D eigenvalue weighted by Gasteiger charge is -2.23. The molecule has 680 valence electrons. The Balaban J connectivity index is 1.06. The van der Waals surface area contributed by atoms with Crippen LogP contribution in [0.25, 0.3) is 0 Å². The van der Waals surface area contributed by atoms with E-state index in [4.69, 9.17) is 27.2 Å². The van der Waals surface area contributed by atoms with Crippen LogP contribution in [0.1, 0.15) is 52.6 Å². The average molecular weight is 2500 g/mol. The van der Waals surface area contributed by atoms with Crippen LogP contribution in [0.5, 0.6) is 17.2 Å². The Bertz CT molecular complexity index is 6320. The lowest BCUT2D eigenvalue weighted by atomic mass is 9.85. The van der Waals surface area contributed by atoms with Crippen molar-refractivity contribution in [2.45, 2.75) is 77.0 Å². The minimum absolute atomic E-state index is 0.0367. The van der Waals surface area contributed by atoms with Gasteiger partial charge in [0.25, 0.3) is 0 Å². The number of benzene rings is 5. The van der Waals surface area contributed by atoms with Crippen molar-refractivity contribution in [1.29, 1.82) is 0 Å². The summed E-state index contributed by atoms with van der Waals surface area (Å²) in [6.45, 7) is 7.41. The van der Waals surface area contributed by atoms with Gasteiger partial charge in [-0.3, -0.25) is 9.59 Å².